The van der Waals surface area contributed by atoms with Crippen molar-refractivity contribution in [2.75, 3.05) is 6.54 Å². The number of halogens is 2. The minimum Gasteiger partial charge on any atom is -0.372 e. The van der Waals surface area contributed by atoms with Gasteiger partial charge in [0.25, 0.3) is 0 Å². The van der Waals surface area contributed by atoms with Crippen LogP contribution < -0.4 is 4.72 Å². The molecule has 128 valence electrons. The molecule has 0 radical (unpaired) electrons. The van der Waals surface area contributed by atoms with Crippen LogP contribution in [0.5, 0.6) is 0 Å². The van der Waals surface area contributed by atoms with Gasteiger partial charge >= 0.3 is 0 Å². The summed E-state index contributed by atoms with van der Waals surface area (Å²) in [5.74, 6) is -2.08. The van der Waals surface area contributed by atoms with E-state index in [1.165, 1.54) is 0 Å². The third-order valence-electron chi connectivity index (χ3n) is 3.85. The van der Waals surface area contributed by atoms with E-state index < -0.39 is 27.4 Å². The van der Waals surface area contributed by atoms with Crippen molar-refractivity contribution in [1.29, 1.82) is 0 Å². The van der Waals surface area contributed by atoms with E-state index in [2.05, 4.69) is 4.72 Å². The molecule has 1 aliphatic heterocycles. The van der Waals surface area contributed by atoms with E-state index >= 15 is 0 Å². The van der Waals surface area contributed by atoms with Crippen LogP contribution in [0.4, 0.5) is 8.78 Å². The molecule has 0 aromatic heterocycles. The maximum absolute atomic E-state index is 13.1. The second-order valence-corrected chi connectivity index (χ2v) is 7.60. The van der Waals surface area contributed by atoms with Gasteiger partial charge in [-0.15, -0.1) is 0 Å². The summed E-state index contributed by atoms with van der Waals surface area (Å²) in [5.41, 5.74) is 2.31. The molecule has 1 aliphatic rings. The predicted octanol–water partition coefficient (Wildman–Crippen LogP) is 2.53. The van der Waals surface area contributed by atoms with Crippen molar-refractivity contribution in [3.05, 3.63) is 70.8 Å². The van der Waals surface area contributed by atoms with Gasteiger partial charge in [-0.2, -0.15) is 0 Å². The molecule has 1 N–H and O–H groups in total. The molecular weight excluding hydrogens is 336 g/mol. The van der Waals surface area contributed by atoms with Crippen LogP contribution >= 0.6 is 0 Å². The molecular formula is C17H17F2NO3S. The van der Waals surface area contributed by atoms with Crippen molar-refractivity contribution in [3.63, 3.8) is 0 Å². The van der Waals surface area contributed by atoms with E-state index in [1.807, 2.05) is 24.3 Å². The molecule has 1 atom stereocenters. The first kappa shape index (κ1) is 17.0. The molecule has 1 unspecified atom stereocenters. The number of ether oxygens (including phenoxy) is 1. The lowest BCUT2D eigenvalue weighted by molar-refractivity contribution is 0.0322. The quantitative estimate of drug-likeness (QED) is 0.899. The zero-order valence-electron chi connectivity index (χ0n) is 12.8. The van der Waals surface area contributed by atoms with Gasteiger partial charge in [0.2, 0.25) is 10.0 Å². The fourth-order valence-corrected chi connectivity index (χ4v) is 3.87. The van der Waals surface area contributed by atoms with Crippen LogP contribution in [0.15, 0.2) is 42.5 Å². The summed E-state index contributed by atoms with van der Waals surface area (Å²) in [6, 6.07) is 10.6. The van der Waals surface area contributed by atoms with Gasteiger partial charge in [0.15, 0.2) is 0 Å². The SMILES string of the molecule is O=S(=O)(Cc1cc(F)cc(F)c1)NCC1Cc2ccccc2CO1. The van der Waals surface area contributed by atoms with Gasteiger partial charge in [0.05, 0.1) is 18.5 Å². The van der Waals surface area contributed by atoms with Crippen LogP contribution in [0.2, 0.25) is 0 Å². The largest absolute Gasteiger partial charge is 0.372 e. The monoisotopic (exact) mass is 353 g/mol. The van der Waals surface area contributed by atoms with Crippen LogP contribution in [-0.4, -0.2) is 21.1 Å². The van der Waals surface area contributed by atoms with Gasteiger partial charge in [-0.1, -0.05) is 24.3 Å². The number of sulfonamides is 1. The summed E-state index contributed by atoms with van der Waals surface area (Å²) in [4.78, 5) is 0. The molecule has 0 fully saturated rings. The van der Waals surface area contributed by atoms with E-state index in [9.17, 15) is 17.2 Å². The van der Waals surface area contributed by atoms with Gasteiger partial charge in [-0.3, -0.25) is 0 Å². The maximum Gasteiger partial charge on any atom is 0.215 e. The lowest BCUT2D eigenvalue weighted by Crippen LogP contribution is -2.37. The van der Waals surface area contributed by atoms with E-state index in [-0.39, 0.29) is 18.2 Å². The Morgan fingerprint density at radius 1 is 1.08 bits per heavy atom. The third-order valence-corrected chi connectivity index (χ3v) is 5.17. The fourth-order valence-electron chi connectivity index (χ4n) is 2.73. The zero-order valence-corrected chi connectivity index (χ0v) is 13.7. The summed E-state index contributed by atoms with van der Waals surface area (Å²) in [6.45, 7) is 0.562. The second-order valence-electron chi connectivity index (χ2n) is 5.79. The highest BCUT2D eigenvalue weighted by Crippen LogP contribution is 2.20. The van der Waals surface area contributed by atoms with Gasteiger partial charge < -0.3 is 4.74 Å². The normalized spacial score (nSPS) is 17.5. The van der Waals surface area contributed by atoms with Crippen molar-refractivity contribution in [3.8, 4) is 0 Å². The van der Waals surface area contributed by atoms with Crippen LogP contribution in [0, 0.1) is 11.6 Å². The number of benzene rings is 2. The lowest BCUT2D eigenvalue weighted by atomic mass is 9.99. The minimum atomic E-state index is -3.71. The Kier molecular flexibility index (Phi) is 4.93. The maximum atomic E-state index is 13.1. The third kappa shape index (κ3) is 4.37. The molecule has 0 saturated heterocycles. The van der Waals surface area contributed by atoms with Gasteiger partial charge in [-0.25, -0.2) is 21.9 Å². The van der Waals surface area contributed by atoms with E-state index in [1.54, 1.807) is 0 Å². The number of rotatable bonds is 5. The van der Waals surface area contributed by atoms with Crippen LogP contribution in [0.25, 0.3) is 0 Å². The summed E-state index contributed by atoms with van der Waals surface area (Å²) in [5, 5.41) is 0. The Labute approximate surface area is 139 Å². The van der Waals surface area contributed by atoms with Crippen molar-refractivity contribution in [1.82, 2.24) is 4.72 Å². The standard InChI is InChI=1S/C17H17F2NO3S/c18-15-5-12(6-16(19)8-15)11-24(21,22)20-9-17-7-13-3-1-2-4-14(13)10-23-17/h1-6,8,17,20H,7,9-11H2. The highest BCUT2D eigenvalue weighted by atomic mass is 32.2. The Morgan fingerprint density at radius 2 is 1.75 bits per heavy atom. The zero-order chi connectivity index (χ0) is 17.2. The summed E-state index contributed by atoms with van der Waals surface area (Å²) in [6.07, 6.45) is 0.353. The number of nitrogens with one attached hydrogen (secondary N) is 1. The van der Waals surface area contributed by atoms with Gasteiger partial charge in [0.1, 0.15) is 11.6 Å². The van der Waals surface area contributed by atoms with Gasteiger partial charge in [0, 0.05) is 19.0 Å². The first-order valence-electron chi connectivity index (χ1n) is 7.52. The molecule has 24 heavy (non-hydrogen) atoms. The van der Waals surface area contributed by atoms with E-state index in [0.29, 0.717) is 19.1 Å². The van der Waals surface area contributed by atoms with Gasteiger partial charge in [-0.05, 0) is 28.8 Å². The molecule has 7 heteroatoms. The number of fused-ring (bicyclic) bond motifs is 1. The van der Waals surface area contributed by atoms with Crippen LogP contribution in [0.3, 0.4) is 0 Å². The predicted molar refractivity (Wildman–Crippen MR) is 85.7 cm³/mol. The molecule has 0 saturated carbocycles. The first-order valence-corrected chi connectivity index (χ1v) is 9.17. The Hall–Kier alpha value is -1.83. The van der Waals surface area contributed by atoms with E-state index in [0.717, 1.165) is 23.3 Å². The summed E-state index contributed by atoms with van der Waals surface area (Å²) in [7, 11) is -3.71. The second kappa shape index (κ2) is 6.96. The molecule has 0 spiro atoms. The van der Waals surface area contributed by atoms with Crippen molar-refractivity contribution in [2.24, 2.45) is 0 Å². The molecule has 0 amide bonds. The molecule has 0 aliphatic carbocycles. The Morgan fingerprint density at radius 3 is 2.46 bits per heavy atom. The summed E-state index contributed by atoms with van der Waals surface area (Å²) >= 11 is 0. The lowest BCUT2D eigenvalue weighted by Gasteiger charge is -2.25. The first-order chi connectivity index (χ1) is 11.4. The Bertz CT molecular complexity index is 819. The molecule has 2 aromatic rings. The molecule has 1 heterocycles. The molecule has 4 nitrogen and oxygen atoms in total. The highest BCUT2D eigenvalue weighted by Gasteiger charge is 2.21. The van der Waals surface area contributed by atoms with Crippen LogP contribution in [0.1, 0.15) is 16.7 Å². The minimum absolute atomic E-state index is 0.0647. The number of hydrogen-bond donors (Lipinski definition) is 1. The highest BCUT2D eigenvalue weighted by molar-refractivity contribution is 7.88. The smallest absolute Gasteiger partial charge is 0.215 e. The van der Waals surface area contributed by atoms with Crippen molar-refractivity contribution < 1.29 is 21.9 Å². The average molecular weight is 353 g/mol. The average Bonchev–Trinajstić information content (AvgIpc) is 2.51. The Balaban J connectivity index is 1.60. The molecule has 0 bridgehead atoms. The molecule has 2 aromatic carbocycles. The number of hydrogen-bond acceptors (Lipinski definition) is 3. The van der Waals surface area contributed by atoms with Crippen molar-refractivity contribution >= 4 is 10.0 Å². The van der Waals surface area contributed by atoms with Crippen molar-refractivity contribution in [2.45, 2.75) is 24.9 Å². The van der Waals surface area contributed by atoms with E-state index in [4.69, 9.17) is 4.74 Å². The summed E-state index contributed by atoms with van der Waals surface area (Å²) < 4.78 is 58.6. The topological polar surface area (TPSA) is 55.4 Å². The van der Waals surface area contributed by atoms with Crippen LogP contribution in [-0.2, 0) is 33.5 Å². The molecule has 3 rings (SSSR count). The fraction of sp³-hybridized carbons (Fsp3) is 0.294.